The van der Waals surface area contributed by atoms with Gasteiger partial charge in [0.25, 0.3) is 5.56 Å². The van der Waals surface area contributed by atoms with Crippen molar-refractivity contribution < 1.29 is 0 Å². The Morgan fingerprint density at radius 2 is 1.70 bits per heavy atom. The first-order valence-electron chi connectivity index (χ1n) is 6.60. The van der Waals surface area contributed by atoms with E-state index in [2.05, 4.69) is 5.10 Å². The normalized spacial score (nSPS) is 10.7. The van der Waals surface area contributed by atoms with Crippen molar-refractivity contribution in [2.75, 3.05) is 0 Å². The number of aromatic nitrogens is 2. The van der Waals surface area contributed by atoms with Crippen molar-refractivity contribution in [1.82, 2.24) is 9.78 Å². The van der Waals surface area contributed by atoms with Crippen molar-refractivity contribution in [3.63, 3.8) is 0 Å². The standard InChI is InChI=1S/C17H16N2O/c1-12-8-9-13(2)16(10-12)19-17(20)11-15(18-19)14-6-4-3-5-7-14/h3-11,18H,1-2H3. The number of rotatable bonds is 2. The van der Waals surface area contributed by atoms with Crippen LogP contribution in [-0.4, -0.2) is 9.78 Å². The summed E-state index contributed by atoms with van der Waals surface area (Å²) >= 11 is 0. The quantitative estimate of drug-likeness (QED) is 0.756. The molecule has 1 heterocycles. The molecule has 0 saturated carbocycles. The van der Waals surface area contributed by atoms with E-state index in [0.717, 1.165) is 28.1 Å². The van der Waals surface area contributed by atoms with E-state index in [1.165, 1.54) is 0 Å². The molecule has 0 unspecified atom stereocenters. The molecule has 0 aliphatic carbocycles. The minimum absolute atomic E-state index is 0.0439. The van der Waals surface area contributed by atoms with Gasteiger partial charge in [0.05, 0.1) is 11.4 Å². The lowest BCUT2D eigenvalue weighted by Gasteiger charge is -2.07. The molecule has 3 nitrogen and oxygen atoms in total. The maximum atomic E-state index is 12.2. The van der Waals surface area contributed by atoms with Crippen molar-refractivity contribution in [3.05, 3.63) is 76.1 Å². The van der Waals surface area contributed by atoms with Crippen LogP contribution in [0.15, 0.2) is 59.4 Å². The number of hydrogen-bond acceptors (Lipinski definition) is 1. The van der Waals surface area contributed by atoms with Crippen LogP contribution in [0.2, 0.25) is 0 Å². The summed E-state index contributed by atoms with van der Waals surface area (Å²) < 4.78 is 1.60. The van der Waals surface area contributed by atoms with Gasteiger partial charge in [0.1, 0.15) is 0 Å². The Kier molecular flexibility index (Phi) is 3.03. The van der Waals surface area contributed by atoms with Crippen LogP contribution in [-0.2, 0) is 0 Å². The molecule has 2 aromatic carbocycles. The van der Waals surface area contributed by atoms with Gasteiger partial charge in [-0.2, -0.15) is 0 Å². The van der Waals surface area contributed by atoms with Crippen molar-refractivity contribution in [1.29, 1.82) is 0 Å². The molecule has 3 rings (SSSR count). The van der Waals surface area contributed by atoms with E-state index >= 15 is 0 Å². The molecule has 0 spiro atoms. The SMILES string of the molecule is Cc1ccc(C)c(-n2[nH]c(-c3ccccc3)cc2=O)c1. The smallest absolute Gasteiger partial charge is 0.271 e. The zero-order valence-electron chi connectivity index (χ0n) is 11.6. The zero-order valence-corrected chi connectivity index (χ0v) is 11.6. The number of nitrogens with zero attached hydrogens (tertiary/aromatic N) is 1. The lowest BCUT2D eigenvalue weighted by molar-refractivity contribution is 0.844. The summed E-state index contributed by atoms with van der Waals surface area (Å²) in [7, 11) is 0. The van der Waals surface area contributed by atoms with E-state index in [4.69, 9.17) is 0 Å². The average Bonchev–Trinajstić information content (AvgIpc) is 2.84. The molecule has 0 bridgehead atoms. The monoisotopic (exact) mass is 264 g/mol. The van der Waals surface area contributed by atoms with Crippen LogP contribution in [0.3, 0.4) is 0 Å². The Labute approximate surface area is 117 Å². The van der Waals surface area contributed by atoms with Gasteiger partial charge in [-0.05, 0) is 36.6 Å². The van der Waals surface area contributed by atoms with Crippen molar-refractivity contribution in [2.24, 2.45) is 0 Å². The second-order valence-electron chi connectivity index (χ2n) is 5.00. The molecule has 0 amide bonds. The molecule has 0 saturated heterocycles. The van der Waals surface area contributed by atoms with E-state index in [9.17, 15) is 4.79 Å². The molecule has 3 heteroatoms. The van der Waals surface area contributed by atoms with Gasteiger partial charge in [-0.3, -0.25) is 9.89 Å². The van der Waals surface area contributed by atoms with Crippen LogP contribution in [0.1, 0.15) is 11.1 Å². The van der Waals surface area contributed by atoms with Gasteiger partial charge in [-0.25, -0.2) is 4.68 Å². The first kappa shape index (κ1) is 12.5. The molecule has 3 aromatic rings. The molecular weight excluding hydrogens is 248 g/mol. The van der Waals surface area contributed by atoms with Crippen molar-refractivity contribution in [2.45, 2.75) is 13.8 Å². The topological polar surface area (TPSA) is 37.8 Å². The Morgan fingerprint density at radius 3 is 2.45 bits per heavy atom. The Hall–Kier alpha value is -2.55. The number of benzene rings is 2. The van der Waals surface area contributed by atoms with Gasteiger partial charge >= 0.3 is 0 Å². The van der Waals surface area contributed by atoms with Crippen LogP contribution < -0.4 is 5.56 Å². The lowest BCUT2D eigenvalue weighted by Crippen LogP contribution is -2.14. The van der Waals surface area contributed by atoms with Gasteiger partial charge in [0, 0.05) is 6.07 Å². The summed E-state index contributed by atoms with van der Waals surface area (Å²) in [6.07, 6.45) is 0. The predicted molar refractivity (Wildman–Crippen MR) is 81.3 cm³/mol. The largest absolute Gasteiger partial charge is 0.290 e. The van der Waals surface area contributed by atoms with Crippen LogP contribution >= 0.6 is 0 Å². The van der Waals surface area contributed by atoms with E-state index in [1.807, 2.05) is 62.4 Å². The van der Waals surface area contributed by atoms with Crippen molar-refractivity contribution >= 4 is 0 Å². The minimum Gasteiger partial charge on any atom is -0.290 e. The van der Waals surface area contributed by atoms with E-state index in [1.54, 1.807) is 10.7 Å². The zero-order chi connectivity index (χ0) is 14.1. The highest BCUT2D eigenvalue weighted by atomic mass is 16.1. The summed E-state index contributed by atoms with van der Waals surface area (Å²) in [5, 5.41) is 3.19. The Morgan fingerprint density at radius 1 is 0.950 bits per heavy atom. The molecule has 0 atom stereocenters. The third kappa shape index (κ3) is 2.18. The molecule has 0 fully saturated rings. The second-order valence-corrected chi connectivity index (χ2v) is 5.00. The summed E-state index contributed by atoms with van der Waals surface area (Å²) in [5.41, 5.74) is 4.90. The summed E-state index contributed by atoms with van der Waals surface area (Å²) in [6.45, 7) is 4.03. The summed E-state index contributed by atoms with van der Waals surface area (Å²) in [6, 6.07) is 17.6. The fourth-order valence-corrected chi connectivity index (χ4v) is 2.30. The van der Waals surface area contributed by atoms with Crippen LogP contribution in [0, 0.1) is 13.8 Å². The highest BCUT2D eigenvalue weighted by molar-refractivity contribution is 5.59. The fourth-order valence-electron chi connectivity index (χ4n) is 2.30. The molecule has 100 valence electrons. The van der Waals surface area contributed by atoms with E-state index in [-0.39, 0.29) is 5.56 Å². The minimum atomic E-state index is -0.0439. The summed E-state index contributed by atoms with van der Waals surface area (Å²) in [5.74, 6) is 0. The third-order valence-electron chi connectivity index (χ3n) is 3.41. The first-order valence-corrected chi connectivity index (χ1v) is 6.60. The molecular formula is C17H16N2O. The van der Waals surface area contributed by atoms with Crippen LogP contribution in [0.5, 0.6) is 0 Å². The van der Waals surface area contributed by atoms with Gasteiger partial charge in [-0.1, -0.05) is 42.5 Å². The molecule has 1 N–H and O–H groups in total. The van der Waals surface area contributed by atoms with E-state index in [0.29, 0.717) is 0 Å². The highest BCUT2D eigenvalue weighted by Gasteiger charge is 2.08. The molecule has 0 radical (unpaired) electrons. The summed E-state index contributed by atoms with van der Waals surface area (Å²) in [4.78, 5) is 12.2. The van der Waals surface area contributed by atoms with Gasteiger partial charge in [0.2, 0.25) is 0 Å². The number of nitrogens with one attached hydrogen (secondary N) is 1. The van der Waals surface area contributed by atoms with Gasteiger partial charge in [0.15, 0.2) is 0 Å². The number of hydrogen-bond donors (Lipinski definition) is 1. The third-order valence-corrected chi connectivity index (χ3v) is 3.41. The number of H-pyrrole nitrogens is 1. The maximum absolute atomic E-state index is 12.2. The van der Waals surface area contributed by atoms with Crippen LogP contribution in [0.4, 0.5) is 0 Å². The Bertz CT molecular complexity index is 797. The molecule has 20 heavy (non-hydrogen) atoms. The van der Waals surface area contributed by atoms with Crippen LogP contribution in [0.25, 0.3) is 16.9 Å². The highest BCUT2D eigenvalue weighted by Crippen LogP contribution is 2.18. The second kappa shape index (κ2) is 4.85. The van der Waals surface area contributed by atoms with Crippen molar-refractivity contribution in [3.8, 4) is 16.9 Å². The maximum Gasteiger partial charge on any atom is 0.271 e. The van der Waals surface area contributed by atoms with E-state index < -0.39 is 0 Å². The predicted octanol–water partition coefficient (Wildman–Crippen LogP) is 3.45. The first-order chi connectivity index (χ1) is 9.65. The lowest BCUT2D eigenvalue weighted by atomic mass is 10.1. The molecule has 0 aliphatic heterocycles. The van der Waals surface area contributed by atoms with Gasteiger partial charge < -0.3 is 0 Å². The Balaban J connectivity index is 2.15. The molecule has 1 aromatic heterocycles. The average molecular weight is 264 g/mol. The molecule has 0 aliphatic rings. The number of aryl methyl sites for hydroxylation is 2. The number of aromatic amines is 1. The fraction of sp³-hybridized carbons (Fsp3) is 0.118. The van der Waals surface area contributed by atoms with Gasteiger partial charge in [-0.15, -0.1) is 0 Å².